The van der Waals surface area contributed by atoms with Crippen LogP contribution in [-0.4, -0.2) is 74.4 Å². The highest BCUT2D eigenvalue weighted by atomic mass is 16.5. The van der Waals surface area contributed by atoms with Crippen LogP contribution in [0.1, 0.15) is 18.1 Å². The van der Waals surface area contributed by atoms with Gasteiger partial charge in [-0.1, -0.05) is 30.3 Å². The molecule has 2 N–H and O–H groups in total. The number of nitrogens with one attached hydrogen (secondary N) is 2. The Morgan fingerprint density at radius 1 is 0.814 bits per heavy atom. The fraction of sp³-hybridized carbons (Fsp3) is 0.312. The molecule has 0 saturated heterocycles. The molecule has 0 spiro atoms. The minimum absolute atomic E-state index is 0.381. The number of nitrogens with zero attached hydrogens (tertiary/aromatic N) is 4. The van der Waals surface area contributed by atoms with Gasteiger partial charge in [0.15, 0.2) is 11.5 Å². The molecule has 226 valence electrons. The van der Waals surface area contributed by atoms with Crippen molar-refractivity contribution >= 4 is 28.1 Å². The Bertz CT molecular complexity index is 1550. The van der Waals surface area contributed by atoms with E-state index in [0.717, 1.165) is 39.2 Å². The van der Waals surface area contributed by atoms with Crippen molar-refractivity contribution in [1.29, 1.82) is 0 Å². The highest BCUT2D eigenvalue weighted by Gasteiger charge is 2.21. The van der Waals surface area contributed by atoms with Crippen LogP contribution in [0, 0.1) is 0 Å². The van der Waals surface area contributed by atoms with Gasteiger partial charge in [-0.3, -0.25) is 10.4 Å². The van der Waals surface area contributed by atoms with E-state index in [2.05, 4.69) is 50.1 Å². The Hall–Kier alpha value is -4.58. The van der Waals surface area contributed by atoms with Gasteiger partial charge in [-0.05, 0) is 31.2 Å². The molecule has 11 nitrogen and oxygen atoms in total. The molecular formula is C32H38N6O5. The van der Waals surface area contributed by atoms with E-state index in [1.165, 1.54) is 6.33 Å². The van der Waals surface area contributed by atoms with E-state index in [-0.39, 0.29) is 0 Å². The van der Waals surface area contributed by atoms with E-state index in [4.69, 9.17) is 23.7 Å². The number of ether oxygens (including phenoxy) is 5. The van der Waals surface area contributed by atoms with Crippen molar-refractivity contribution in [2.45, 2.75) is 13.5 Å². The maximum absolute atomic E-state index is 5.98. The molecule has 5 rings (SSSR count). The molecular weight excluding hydrogens is 548 g/mol. The monoisotopic (exact) mass is 586 g/mol. The maximum Gasteiger partial charge on any atom is 0.163 e. The molecule has 0 radical (unpaired) electrons. The first-order valence-corrected chi connectivity index (χ1v) is 14.2. The standard InChI is InChI=1S/C32H38N6O5/c1-5-41-29-12-7-6-9-24(29)20-38-21-28(36-37(38)2)23-10-8-11-25(17-23)35-32-26-18-30(42-15-13-39-3)31(43-16-14-40-4)19-27(26)33-22-34-32/h6-12,17-19,21-22,36H,5,13-16,20H2,1-4H3,(H,33,34,35). The van der Waals surface area contributed by atoms with Crippen molar-refractivity contribution in [3.05, 3.63) is 84.3 Å². The van der Waals surface area contributed by atoms with E-state index in [0.29, 0.717) is 56.9 Å². The summed E-state index contributed by atoms with van der Waals surface area (Å²) < 4.78 is 28.0. The third kappa shape index (κ3) is 7.44. The smallest absolute Gasteiger partial charge is 0.163 e. The van der Waals surface area contributed by atoms with Gasteiger partial charge in [-0.2, -0.15) is 0 Å². The summed E-state index contributed by atoms with van der Waals surface area (Å²) in [7, 11) is 5.26. The predicted octanol–water partition coefficient (Wildman–Crippen LogP) is 4.99. The van der Waals surface area contributed by atoms with E-state index in [1.807, 2.05) is 61.6 Å². The van der Waals surface area contributed by atoms with Crippen LogP contribution in [0.2, 0.25) is 0 Å². The molecule has 0 amide bonds. The van der Waals surface area contributed by atoms with Gasteiger partial charge in [-0.25, -0.2) is 9.97 Å². The van der Waals surface area contributed by atoms with E-state index in [9.17, 15) is 0 Å². The molecule has 2 heterocycles. The second kappa shape index (κ2) is 14.5. The number of anilines is 2. The SMILES string of the molecule is CCOc1ccccc1CN1C=C(c2cccc(Nc3ncnc4cc(OCCOC)c(OCCOC)cc34)c2)NN1C. The Balaban J connectivity index is 1.37. The molecule has 43 heavy (non-hydrogen) atoms. The number of benzene rings is 3. The second-order valence-electron chi connectivity index (χ2n) is 9.74. The lowest BCUT2D eigenvalue weighted by atomic mass is 10.1. The van der Waals surface area contributed by atoms with Gasteiger partial charge >= 0.3 is 0 Å². The zero-order valence-electron chi connectivity index (χ0n) is 25.0. The molecule has 4 aromatic rings. The van der Waals surface area contributed by atoms with Crippen LogP contribution in [0.3, 0.4) is 0 Å². The molecule has 0 atom stereocenters. The lowest BCUT2D eigenvalue weighted by Gasteiger charge is -2.25. The van der Waals surface area contributed by atoms with Crippen LogP contribution in [0.15, 0.2) is 73.2 Å². The molecule has 0 fully saturated rings. The molecule has 0 unspecified atom stereocenters. The first-order chi connectivity index (χ1) is 21.1. The normalized spacial score (nSPS) is 13.1. The molecule has 1 aliphatic rings. The fourth-order valence-corrected chi connectivity index (χ4v) is 4.66. The topological polar surface area (TPSA) is 102 Å². The molecule has 3 aromatic carbocycles. The molecule has 0 aliphatic carbocycles. The Morgan fingerprint density at radius 3 is 2.35 bits per heavy atom. The van der Waals surface area contributed by atoms with Crippen molar-refractivity contribution in [2.75, 3.05) is 59.6 Å². The summed E-state index contributed by atoms with van der Waals surface area (Å²) in [4.78, 5) is 9.02. The quantitative estimate of drug-likeness (QED) is 0.184. The summed E-state index contributed by atoms with van der Waals surface area (Å²) in [6.07, 6.45) is 3.63. The highest BCUT2D eigenvalue weighted by Crippen LogP contribution is 2.35. The average Bonchev–Trinajstić information content (AvgIpc) is 3.39. The number of hydrogen-bond donors (Lipinski definition) is 2. The molecule has 11 heteroatoms. The number of para-hydroxylation sites is 1. The van der Waals surface area contributed by atoms with Crippen LogP contribution >= 0.6 is 0 Å². The highest BCUT2D eigenvalue weighted by molar-refractivity contribution is 5.93. The second-order valence-corrected chi connectivity index (χ2v) is 9.74. The third-order valence-electron chi connectivity index (χ3n) is 6.78. The van der Waals surface area contributed by atoms with Crippen molar-refractivity contribution in [3.8, 4) is 17.2 Å². The summed E-state index contributed by atoms with van der Waals surface area (Å²) in [6, 6.07) is 20.0. The first-order valence-electron chi connectivity index (χ1n) is 14.2. The van der Waals surface area contributed by atoms with Gasteiger partial charge in [-0.15, -0.1) is 5.12 Å². The number of hydrazine groups is 2. The van der Waals surface area contributed by atoms with Gasteiger partial charge in [0.05, 0.1) is 37.6 Å². The van der Waals surface area contributed by atoms with Crippen molar-refractivity contribution in [1.82, 2.24) is 25.5 Å². The van der Waals surface area contributed by atoms with Gasteiger partial charge in [0.25, 0.3) is 0 Å². The molecule has 0 bridgehead atoms. The zero-order chi connectivity index (χ0) is 30.0. The van der Waals surface area contributed by atoms with Crippen molar-refractivity contribution in [2.24, 2.45) is 0 Å². The molecule has 1 aliphatic heterocycles. The first kappa shape index (κ1) is 29.9. The zero-order valence-corrected chi connectivity index (χ0v) is 25.0. The lowest BCUT2D eigenvalue weighted by molar-refractivity contribution is 0.0311. The van der Waals surface area contributed by atoms with Crippen LogP contribution in [0.4, 0.5) is 11.5 Å². The van der Waals surface area contributed by atoms with Crippen molar-refractivity contribution in [3.63, 3.8) is 0 Å². The van der Waals surface area contributed by atoms with Gasteiger partial charge in [0, 0.05) is 55.7 Å². The predicted molar refractivity (Wildman–Crippen MR) is 166 cm³/mol. The summed E-state index contributed by atoms with van der Waals surface area (Å²) in [5.41, 5.74) is 8.16. The summed E-state index contributed by atoms with van der Waals surface area (Å²) in [6.45, 7) is 4.97. The van der Waals surface area contributed by atoms with E-state index in [1.54, 1.807) is 14.2 Å². The lowest BCUT2D eigenvalue weighted by Crippen LogP contribution is -2.38. The Labute approximate surface area is 251 Å². The minimum Gasteiger partial charge on any atom is -0.494 e. The fourth-order valence-electron chi connectivity index (χ4n) is 4.66. The van der Waals surface area contributed by atoms with Gasteiger partial charge in [0.2, 0.25) is 0 Å². The number of hydrogen-bond acceptors (Lipinski definition) is 11. The van der Waals surface area contributed by atoms with Crippen LogP contribution in [0.5, 0.6) is 17.2 Å². The minimum atomic E-state index is 0.381. The Kier molecular flexibility index (Phi) is 10.1. The van der Waals surface area contributed by atoms with Gasteiger partial charge < -0.3 is 29.0 Å². The molecule has 0 saturated carbocycles. The number of fused-ring (bicyclic) bond motifs is 1. The van der Waals surface area contributed by atoms with Crippen molar-refractivity contribution < 1.29 is 23.7 Å². The largest absolute Gasteiger partial charge is 0.494 e. The summed E-state index contributed by atoms with van der Waals surface area (Å²) >= 11 is 0. The van der Waals surface area contributed by atoms with E-state index >= 15 is 0 Å². The van der Waals surface area contributed by atoms with E-state index < -0.39 is 0 Å². The summed E-state index contributed by atoms with van der Waals surface area (Å²) in [5, 5.41) is 8.35. The Morgan fingerprint density at radius 2 is 1.58 bits per heavy atom. The number of aromatic nitrogens is 2. The third-order valence-corrected chi connectivity index (χ3v) is 6.78. The van der Waals surface area contributed by atoms with Crippen LogP contribution < -0.4 is 25.0 Å². The molecule has 1 aromatic heterocycles. The number of rotatable bonds is 15. The van der Waals surface area contributed by atoms with Crippen LogP contribution in [0.25, 0.3) is 16.6 Å². The number of methoxy groups -OCH3 is 2. The van der Waals surface area contributed by atoms with Gasteiger partial charge in [0.1, 0.15) is 31.1 Å². The summed E-state index contributed by atoms with van der Waals surface area (Å²) in [5.74, 6) is 2.72. The van der Waals surface area contributed by atoms with Crippen LogP contribution in [-0.2, 0) is 16.0 Å². The average molecular weight is 587 g/mol. The maximum atomic E-state index is 5.98.